The molecule has 2 aromatic rings. The number of nitrogens with zero attached hydrogens (tertiary/aromatic N) is 1. The predicted molar refractivity (Wildman–Crippen MR) is 87.1 cm³/mol. The standard InChI is InChI=1S/C13H12ClIN2OS/c1-8-17-10(7-19-8)4-5-16-13(18)11-3-2-9(14)6-12(11)15/h2-3,6-7H,4-5H2,1H3,(H,16,18). The molecule has 0 aliphatic carbocycles. The number of rotatable bonds is 4. The van der Waals surface area contributed by atoms with Crippen molar-refractivity contribution in [2.45, 2.75) is 13.3 Å². The molecule has 100 valence electrons. The van der Waals surface area contributed by atoms with Crippen molar-refractivity contribution in [2.75, 3.05) is 6.54 Å². The highest BCUT2D eigenvalue weighted by Crippen LogP contribution is 2.18. The molecule has 1 heterocycles. The van der Waals surface area contributed by atoms with E-state index in [1.807, 2.05) is 12.3 Å². The van der Waals surface area contributed by atoms with Gasteiger partial charge in [0.2, 0.25) is 0 Å². The molecule has 1 amide bonds. The van der Waals surface area contributed by atoms with Gasteiger partial charge in [-0.25, -0.2) is 4.98 Å². The molecule has 19 heavy (non-hydrogen) atoms. The molecule has 3 nitrogen and oxygen atoms in total. The van der Waals surface area contributed by atoms with Gasteiger partial charge in [0, 0.05) is 26.9 Å². The fourth-order valence-electron chi connectivity index (χ4n) is 1.60. The van der Waals surface area contributed by atoms with Crippen LogP contribution in [0.25, 0.3) is 0 Å². The van der Waals surface area contributed by atoms with Crippen molar-refractivity contribution in [3.63, 3.8) is 0 Å². The second-order valence-corrected chi connectivity index (χ2v) is 6.65. The van der Waals surface area contributed by atoms with Crippen LogP contribution in [0.15, 0.2) is 23.6 Å². The molecular formula is C13H12ClIN2OS. The van der Waals surface area contributed by atoms with Crippen molar-refractivity contribution in [3.8, 4) is 0 Å². The van der Waals surface area contributed by atoms with Crippen LogP contribution in [0.2, 0.25) is 5.02 Å². The van der Waals surface area contributed by atoms with E-state index >= 15 is 0 Å². The molecule has 1 aromatic heterocycles. The van der Waals surface area contributed by atoms with E-state index in [1.165, 1.54) is 0 Å². The van der Waals surface area contributed by atoms with Crippen LogP contribution >= 0.6 is 45.5 Å². The molecule has 0 aliphatic rings. The number of aromatic nitrogens is 1. The fourth-order valence-corrected chi connectivity index (χ4v) is 3.36. The SMILES string of the molecule is Cc1nc(CCNC(=O)c2ccc(Cl)cc2I)cs1. The Labute approximate surface area is 134 Å². The molecule has 0 saturated heterocycles. The van der Waals surface area contributed by atoms with Crippen molar-refractivity contribution in [1.29, 1.82) is 0 Å². The van der Waals surface area contributed by atoms with Gasteiger partial charge < -0.3 is 5.32 Å². The van der Waals surface area contributed by atoms with Crippen molar-refractivity contribution in [1.82, 2.24) is 10.3 Å². The molecule has 0 aliphatic heterocycles. The largest absolute Gasteiger partial charge is 0.352 e. The first-order chi connectivity index (χ1) is 9.06. The zero-order chi connectivity index (χ0) is 13.8. The Morgan fingerprint density at radius 1 is 1.53 bits per heavy atom. The van der Waals surface area contributed by atoms with Gasteiger partial charge in [0.15, 0.2) is 0 Å². The van der Waals surface area contributed by atoms with Gasteiger partial charge in [-0.1, -0.05) is 11.6 Å². The van der Waals surface area contributed by atoms with E-state index in [9.17, 15) is 4.79 Å². The first kappa shape index (κ1) is 14.7. The monoisotopic (exact) mass is 406 g/mol. The molecule has 0 radical (unpaired) electrons. The number of amides is 1. The first-order valence-electron chi connectivity index (χ1n) is 5.70. The molecule has 1 aromatic carbocycles. The molecule has 0 saturated carbocycles. The topological polar surface area (TPSA) is 42.0 Å². The van der Waals surface area contributed by atoms with Crippen molar-refractivity contribution >= 4 is 51.4 Å². The first-order valence-corrected chi connectivity index (χ1v) is 8.04. The number of aryl methyl sites for hydroxylation is 1. The lowest BCUT2D eigenvalue weighted by Gasteiger charge is -2.06. The summed E-state index contributed by atoms with van der Waals surface area (Å²) in [5, 5.41) is 6.60. The van der Waals surface area contributed by atoms with E-state index in [0.717, 1.165) is 20.7 Å². The normalized spacial score (nSPS) is 10.5. The Morgan fingerprint density at radius 2 is 2.32 bits per heavy atom. The summed E-state index contributed by atoms with van der Waals surface area (Å²) < 4.78 is 0.854. The van der Waals surface area contributed by atoms with Crippen LogP contribution in [-0.4, -0.2) is 17.4 Å². The number of thiazole rings is 1. The Kier molecular flexibility index (Phi) is 5.18. The average molecular weight is 407 g/mol. The molecule has 0 atom stereocenters. The Morgan fingerprint density at radius 3 is 2.95 bits per heavy atom. The van der Waals surface area contributed by atoms with Crippen molar-refractivity contribution < 1.29 is 4.79 Å². The third-order valence-electron chi connectivity index (χ3n) is 2.51. The number of hydrogen-bond acceptors (Lipinski definition) is 3. The zero-order valence-corrected chi connectivity index (χ0v) is 14.0. The van der Waals surface area contributed by atoms with Crippen molar-refractivity contribution in [2.24, 2.45) is 0 Å². The lowest BCUT2D eigenvalue weighted by molar-refractivity contribution is 0.0953. The van der Waals surface area contributed by atoms with Crippen LogP contribution in [0.5, 0.6) is 0 Å². The van der Waals surface area contributed by atoms with Gasteiger partial charge in [-0.3, -0.25) is 4.79 Å². The van der Waals surface area contributed by atoms with Crippen LogP contribution in [0.1, 0.15) is 21.1 Å². The quantitative estimate of drug-likeness (QED) is 0.787. The molecule has 6 heteroatoms. The Balaban J connectivity index is 1.90. The third kappa shape index (κ3) is 4.15. The van der Waals surface area contributed by atoms with Crippen LogP contribution in [-0.2, 0) is 6.42 Å². The molecular weight excluding hydrogens is 395 g/mol. The molecule has 0 bridgehead atoms. The minimum absolute atomic E-state index is 0.0759. The summed E-state index contributed by atoms with van der Waals surface area (Å²) in [5.74, 6) is -0.0759. The second-order valence-electron chi connectivity index (χ2n) is 3.99. The highest BCUT2D eigenvalue weighted by Gasteiger charge is 2.09. The minimum Gasteiger partial charge on any atom is -0.352 e. The summed E-state index contributed by atoms with van der Waals surface area (Å²) in [6.07, 6.45) is 0.750. The van der Waals surface area contributed by atoms with Crippen LogP contribution < -0.4 is 5.32 Å². The summed E-state index contributed by atoms with van der Waals surface area (Å²) in [6.45, 7) is 2.56. The van der Waals surface area contributed by atoms with Gasteiger partial charge in [0.05, 0.1) is 16.3 Å². The average Bonchev–Trinajstić information content (AvgIpc) is 2.75. The number of nitrogens with one attached hydrogen (secondary N) is 1. The van der Waals surface area contributed by atoms with E-state index in [4.69, 9.17) is 11.6 Å². The van der Waals surface area contributed by atoms with Gasteiger partial charge in [-0.15, -0.1) is 11.3 Å². The van der Waals surface area contributed by atoms with Gasteiger partial charge in [0.25, 0.3) is 5.91 Å². The number of carbonyl (C=O) groups excluding carboxylic acids is 1. The Bertz CT molecular complexity index is 600. The highest BCUT2D eigenvalue weighted by molar-refractivity contribution is 14.1. The van der Waals surface area contributed by atoms with Gasteiger partial charge in [-0.05, 0) is 47.7 Å². The van der Waals surface area contributed by atoms with Crippen LogP contribution in [0, 0.1) is 10.5 Å². The number of benzene rings is 1. The summed E-state index contributed by atoms with van der Waals surface area (Å²) >= 11 is 9.60. The maximum Gasteiger partial charge on any atom is 0.252 e. The fraction of sp³-hybridized carbons (Fsp3) is 0.231. The van der Waals surface area contributed by atoms with E-state index in [2.05, 4.69) is 32.9 Å². The molecule has 1 N–H and O–H groups in total. The summed E-state index contributed by atoms with van der Waals surface area (Å²) in [5.41, 5.74) is 1.67. The maximum atomic E-state index is 12.0. The third-order valence-corrected chi connectivity index (χ3v) is 4.46. The molecule has 0 fully saturated rings. The maximum absolute atomic E-state index is 12.0. The van der Waals surface area contributed by atoms with Gasteiger partial charge in [-0.2, -0.15) is 0 Å². The number of hydrogen-bond donors (Lipinski definition) is 1. The summed E-state index contributed by atoms with van der Waals surface area (Å²) in [4.78, 5) is 16.4. The van der Waals surface area contributed by atoms with E-state index < -0.39 is 0 Å². The van der Waals surface area contributed by atoms with Gasteiger partial charge >= 0.3 is 0 Å². The van der Waals surface area contributed by atoms with E-state index in [1.54, 1.807) is 29.5 Å². The molecule has 2 rings (SSSR count). The van der Waals surface area contributed by atoms with Crippen molar-refractivity contribution in [3.05, 3.63) is 48.4 Å². The number of carbonyl (C=O) groups is 1. The lowest BCUT2D eigenvalue weighted by Crippen LogP contribution is -2.26. The smallest absolute Gasteiger partial charge is 0.252 e. The molecule has 0 spiro atoms. The van der Waals surface area contributed by atoms with E-state index in [0.29, 0.717) is 17.1 Å². The minimum atomic E-state index is -0.0759. The summed E-state index contributed by atoms with van der Waals surface area (Å²) in [7, 11) is 0. The number of halogens is 2. The summed E-state index contributed by atoms with van der Waals surface area (Å²) in [6, 6.07) is 5.25. The predicted octanol–water partition coefficient (Wildman–Crippen LogP) is 3.68. The van der Waals surface area contributed by atoms with Gasteiger partial charge in [0.1, 0.15) is 0 Å². The lowest BCUT2D eigenvalue weighted by atomic mass is 10.2. The highest BCUT2D eigenvalue weighted by atomic mass is 127. The van der Waals surface area contributed by atoms with E-state index in [-0.39, 0.29) is 5.91 Å². The van der Waals surface area contributed by atoms with Crippen LogP contribution in [0.4, 0.5) is 0 Å². The zero-order valence-electron chi connectivity index (χ0n) is 10.2. The second kappa shape index (κ2) is 6.67. The Hall–Kier alpha value is -0.660. The molecule has 0 unspecified atom stereocenters. The van der Waals surface area contributed by atoms with Crippen LogP contribution in [0.3, 0.4) is 0 Å².